The first-order valence-corrected chi connectivity index (χ1v) is 10.2. The highest BCUT2D eigenvalue weighted by atomic mass is 19.1. The molecule has 0 spiro atoms. The first-order valence-electron chi connectivity index (χ1n) is 10.2. The predicted molar refractivity (Wildman–Crippen MR) is 126 cm³/mol. The lowest BCUT2D eigenvalue weighted by molar-refractivity contribution is 0.0997. The smallest absolute Gasteiger partial charge is 0.257 e. The highest BCUT2D eigenvalue weighted by molar-refractivity contribution is 6.04. The van der Waals surface area contributed by atoms with Gasteiger partial charge < -0.3 is 21.7 Å². The van der Waals surface area contributed by atoms with Crippen molar-refractivity contribution in [2.24, 2.45) is 5.73 Å². The van der Waals surface area contributed by atoms with Gasteiger partial charge in [-0.15, -0.1) is 0 Å². The molecule has 0 saturated carbocycles. The second-order valence-electron chi connectivity index (χ2n) is 7.21. The lowest BCUT2D eigenvalue weighted by atomic mass is 10.2. The third-order valence-electron chi connectivity index (χ3n) is 4.70. The Balaban J connectivity index is 1.50. The SMILES string of the molecule is NC(=O)c1cnc(Nc2cccc(NC(=O)c3cccnc3)c2)nc1NCc1cccc(F)c1. The van der Waals surface area contributed by atoms with Gasteiger partial charge in [-0.1, -0.05) is 18.2 Å². The third kappa shape index (κ3) is 5.68. The molecule has 0 bridgehead atoms. The second kappa shape index (κ2) is 10.2. The maximum atomic E-state index is 13.4. The van der Waals surface area contributed by atoms with Crippen LogP contribution in [0.1, 0.15) is 26.3 Å². The Bertz CT molecular complexity index is 1330. The summed E-state index contributed by atoms with van der Waals surface area (Å²) in [5.41, 5.74) is 7.79. The lowest BCUT2D eigenvalue weighted by Crippen LogP contribution is -2.17. The molecule has 0 radical (unpaired) electrons. The molecule has 170 valence electrons. The van der Waals surface area contributed by atoms with Gasteiger partial charge >= 0.3 is 0 Å². The molecular formula is C24H20FN7O2. The molecule has 0 unspecified atom stereocenters. The van der Waals surface area contributed by atoms with E-state index < -0.39 is 5.91 Å². The molecule has 0 aliphatic rings. The average molecular weight is 457 g/mol. The zero-order valence-electron chi connectivity index (χ0n) is 17.8. The zero-order chi connectivity index (χ0) is 23.9. The number of carbonyl (C=O) groups is 2. The van der Waals surface area contributed by atoms with Gasteiger partial charge in [-0.05, 0) is 48.0 Å². The van der Waals surface area contributed by atoms with Crippen molar-refractivity contribution in [1.29, 1.82) is 0 Å². The molecular weight excluding hydrogens is 437 g/mol. The Morgan fingerprint density at radius 2 is 1.79 bits per heavy atom. The number of primary amides is 1. The molecule has 5 N–H and O–H groups in total. The monoisotopic (exact) mass is 457 g/mol. The molecule has 4 aromatic rings. The van der Waals surface area contributed by atoms with Gasteiger partial charge in [0.15, 0.2) is 0 Å². The first kappa shape index (κ1) is 22.3. The van der Waals surface area contributed by atoms with E-state index >= 15 is 0 Å². The van der Waals surface area contributed by atoms with Crippen molar-refractivity contribution in [3.05, 3.63) is 102 Å². The van der Waals surface area contributed by atoms with Crippen LogP contribution in [0.5, 0.6) is 0 Å². The standard InChI is InChI=1S/C24H20FN7O2/c25-17-6-1-4-15(10-17)12-28-22-20(21(26)33)14-29-24(32-22)31-19-8-2-7-18(11-19)30-23(34)16-5-3-9-27-13-16/h1-11,13-14H,12H2,(H2,26,33)(H,30,34)(H2,28,29,31,32). The fourth-order valence-corrected chi connectivity index (χ4v) is 3.09. The van der Waals surface area contributed by atoms with Crippen LogP contribution in [0.15, 0.2) is 79.3 Å². The molecule has 0 saturated heterocycles. The van der Waals surface area contributed by atoms with E-state index in [9.17, 15) is 14.0 Å². The number of nitrogens with one attached hydrogen (secondary N) is 3. The van der Waals surface area contributed by atoms with Crippen molar-refractivity contribution in [2.75, 3.05) is 16.0 Å². The molecule has 34 heavy (non-hydrogen) atoms. The third-order valence-corrected chi connectivity index (χ3v) is 4.70. The Morgan fingerprint density at radius 3 is 2.56 bits per heavy atom. The van der Waals surface area contributed by atoms with Crippen LogP contribution >= 0.6 is 0 Å². The van der Waals surface area contributed by atoms with E-state index in [1.54, 1.807) is 54.7 Å². The van der Waals surface area contributed by atoms with E-state index in [2.05, 4.69) is 30.9 Å². The minimum atomic E-state index is -0.701. The molecule has 2 heterocycles. The van der Waals surface area contributed by atoms with Gasteiger partial charge in [0.2, 0.25) is 5.95 Å². The van der Waals surface area contributed by atoms with Gasteiger partial charge in [0.1, 0.15) is 11.6 Å². The van der Waals surface area contributed by atoms with Gasteiger partial charge in [-0.25, -0.2) is 9.37 Å². The molecule has 0 aliphatic carbocycles. The van der Waals surface area contributed by atoms with Gasteiger partial charge in [0.05, 0.1) is 11.1 Å². The topological polar surface area (TPSA) is 135 Å². The summed E-state index contributed by atoms with van der Waals surface area (Å²) in [7, 11) is 0. The van der Waals surface area contributed by atoms with Crippen molar-refractivity contribution in [2.45, 2.75) is 6.54 Å². The highest BCUT2D eigenvalue weighted by Crippen LogP contribution is 2.21. The number of rotatable bonds is 8. The molecule has 0 atom stereocenters. The predicted octanol–water partition coefficient (Wildman–Crippen LogP) is 3.72. The van der Waals surface area contributed by atoms with E-state index in [1.807, 2.05) is 0 Å². The van der Waals surface area contributed by atoms with Crippen LogP contribution in [0.2, 0.25) is 0 Å². The molecule has 0 aliphatic heterocycles. The number of hydrogen-bond acceptors (Lipinski definition) is 7. The number of nitrogens with zero attached hydrogens (tertiary/aromatic N) is 3. The molecule has 9 nitrogen and oxygen atoms in total. The van der Waals surface area contributed by atoms with Gasteiger partial charge in [-0.3, -0.25) is 14.6 Å². The number of carbonyl (C=O) groups excluding carboxylic acids is 2. The zero-order valence-corrected chi connectivity index (χ0v) is 17.8. The van der Waals surface area contributed by atoms with E-state index in [0.29, 0.717) is 22.5 Å². The number of hydrogen-bond donors (Lipinski definition) is 4. The van der Waals surface area contributed by atoms with E-state index in [-0.39, 0.29) is 35.6 Å². The van der Waals surface area contributed by atoms with Gasteiger partial charge in [0.25, 0.3) is 11.8 Å². The molecule has 4 rings (SSSR count). The quantitative estimate of drug-likeness (QED) is 0.317. The maximum Gasteiger partial charge on any atom is 0.257 e. The number of aromatic nitrogens is 3. The number of halogens is 1. The summed E-state index contributed by atoms with van der Waals surface area (Å²) in [6.45, 7) is 0.227. The summed E-state index contributed by atoms with van der Waals surface area (Å²) < 4.78 is 13.4. The summed E-state index contributed by atoms with van der Waals surface area (Å²) in [5.74, 6) is -0.961. The number of anilines is 4. The van der Waals surface area contributed by atoms with Gasteiger partial charge in [0, 0.05) is 36.5 Å². The Morgan fingerprint density at radius 1 is 0.971 bits per heavy atom. The van der Waals surface area contributed by atoms with Crippen molar-refractivity contribution in [3.8, 4) is 0 Å². The van der Waals surface area contributed by atoms with E-state index in [4.69, 9.17) is 5.73 Å². The number of benzene rings is 2. The normalized spacial score (nSPS) is 10.4. The van der Waals surface area contributed by atoms with Crippen molar-refractivity contribution in [3.63, 3.8) is 0 Å². The largest absolute Gasteiger partial charge is 0.365 e. The maximum absolute atomic E-state index is 13.4. The number of amides is 2. The molecule has 2 aromatic carbocycles. The summed E-state index contributed by atoms with van der Waals surface area (Å²) in [4.78, 5) is 36.6. The summed E-state index contributed by atoms with van der Waals surface area (Å²) >= 11 is 0. The van der Waals surface area contributed by atoms with Crippen LogP contribution in [0.25, 0.3) is 0 Å². The average Bonchev–Trinajstić information content (AvgIpc) is 2.83. The first-order chi connectivity index (χ1) is 16.5. The van der Waals surface area contributed by atoms with Gasteiger partial charge in [-0.2, -0.15) is 4.98 Å². The minimum absolute atomic E-state index is 0.0967. The molecule has 0 fully saturated rings. The molecule has 2 aromatic heterocycles. The summed E-state index contributed by atoms with van der Waals surface area (Å²) in [6, 6.07) is 16.4. The summed E-state index contributed by atoms with van der Waals surface area (Å²) in [5, 5.41) is 8.83. The Hall–Kier alpha value is -4.86. The van der Waals surface area contributed by atoms with Crippen LogP contribution in [0.3, 0.4) is 0 Å². The van der Waals surface area contributed by atoms with Crippen molar-refractivity contribution in [1.82, 2.24) is 15.0 Å². The Labute approximate surface area is 194 Å². The van der Waals surface area contributed by atoms with Crippen molar-refractivity contribution < 1.29 is 14.0 Å². The van der Waals surface area contributed by atoms with Crippen LogP contribution in [-0.4, -0.2) is 26.8 Å². The highest BCUT2D eigenvalue weighted by Gasteiger charge is 2.13. The van der Waals surface area contributed by atoms with E-state index in [0.717, 1.165) is 0 Å². The number of nitrogens with two attached hydrogens (primary N) is 1. The van der Waals surface area contributed by atoms with Crippen LogP contribution in [0, 0.1) is 5.82 Å². The minimum Gasteiger partial charge on any atom is -0.365 e. The Kier molecular flexibility index (Phi) is 6.68. The van der Waals surface area contributed by atoms with Crippen LogP contribution < -0.4 is 21.7 Å². The number of pyridine rings is 1. The van der Waals surface area contributed by atoms with Crippen LogP contribution in [0.4, 0.5) is 27.5 Å². The fourth-order valence-electron chi connectivity index (χ4n) is 3.09. The second-order valence-corrected chi connectivity index (χ2v) is 7.21. The van der Waals surface area contributed by atoms with Crippen LogP contribution in [-0.2, 0) is 6.54 Å². The van der Waals surface area contributed by atoms with E-state index in [1.165, 1.54) is 24.5 Å². The molecule has 10 heteroatoms. The molecule has 2 amide bonds. The lowest BCUT2D eigenvalue weighted by Gasteiger charge is -2.12. The summed E-state index contributed by atoms with van der Waals surface area (Å²) in [6.07, 6.45) is 4.37. The fraction of sp³-hybridized carbons (Fsp3) is 0.0417. The van der Waals surface area contributed by atoms with Crippen molar-refractivity contribution >= 4 is 35.0 Å².